The molecule has 2 aromatic carbocycles. The Bertz CT molecular complexity index is 2120. The lowest BCUT2D eigenvalue weighted by Crippen LogP contribution is -2.43. The molecule has 2 heteroatoms. The molecule has 2 aliphatic heterocycles. The SMILES string of the molecule is C1=CCC(c2ccc(C3CC4=CCC(C5=CC6C7=C(CCCC7)N(C7C=CC8SC9=C(C=CCC9)C8C7)C6C=C5)C=C4c4ccccc43)cc2)C=C1. The fourth-order valence-corrected chi connectivity index (χ4v) is 12.9. The maximum absolute atomic E-state index is 2.91. The maximum Gasteiger partial charge on any atom is 0.0580 e. The third-order valence-electron chi connectivity index (χ3n) is 13.9. The minimum Gasteiger partial charge on any atom is -0.361 e. The summed E-state index contributed by atoms with van der Waals surface area (Å²) in [6, 6.07) is 19.8. The van der Waals surface area contributed by atoms with Crippen molar-refractivity contribution >= 4 is 17.3 Å². The van der Waals surface area contributed by atoms with Crippen molar-refractivity contribution in [1.82, 2.24) is 4.90 Å². The molecule has 0 fully saturated rings. The third kappa shape index (κ3) is 5.19. The van der Waals surface area contributed by atoms with Gasteiger partial charge in [0.1, 0.15) is 0 Å². The van der Waals surface area contributed by atoms with E-state index in [9.17, 15) is 0 Å². The molecule has 8 atom stereocenters. The van der Waals surface area contributed by atoms with Crippen molar-refractivity contribution < 1.29 is 0 Å². The largest absolute Gasteiger partial charge is 0.361 e. The molecule has 2 heterocycles. The van der Waals surface area contributed by atoms with Gasteiger partial charge in [-0.1, -0.05) is 128 Å². The summed E-state index contributed by atoms with van der Waals surface area (Å²) in [7, 11) is 0. The van der Waals surface area contributed by atoms with Crippen LogP contribution in [0.25, 0.3) is 5.57 Å². The molecule has 2 aromatic rings. The standard InChI is InChI=1S/C50H49NS/c1-2-10-32(11-3-1)33-18-20-34(21-19-33)43-30-37-23-22-35(28-44(37)40-13-5-4-12-39(40)43)36-24-26-48-45(29-36)41-14-6-8-16-47(41)51(48)38-25-27-50-46(31-38)42-15-7-9-17-49(42)52-50/h1-5,7,10,12-13,15,18-21,23-29,32,35,38,43,45-46,48,50H,6,8-9,11,14,16-17,22,30-31H2. The van der Waals surface area contributed by atoms with Crippen molar-refractivity contribution in [2.24, 2.45) is 17.8 Å². The topological polar surface area (TPSA) is 3.24 Å². The monoisotopic (exact) mass is 695 g/mol. The quantitative estimate of drug-likeness (QED) is 0.293. The highest BCUT2D eigenvalue weighted by molar-refractivity contribution is 8.04. The second kappa shape index (κ2) is 12.8. The predicted molar refractivity (Wildman–Crippen MR) is 219 cm³/mol. The zero-order valence-electron chi connectivity index (χ0n) is 30.2. The molecule has 52 heavy (non-hydrogen) atoms. The van der Waals surface area contributed by atoms with Crippen molar-refractivity contribution in [3.63, 3.8) is 0 Å². The van der Waals surface area contributed by atoms with Gasteiger partial charge in [0.2, 0.25) is 0 Å². The van der Waals surface area contributed by atoms with Crippen molar-refractivity contribution in [1.29, 1.82) is 0 Å². The van der Waals surface area contributed by atoms with E-state index in [0.29, 0.717) is 46.9 Å². The fraction of sp³-hybridized carbons (Fsp3) is 0.360. The Morgan fingerprint density at radius 2 is 1.65 bits per heavy atom. The smallest absolute Gasteiger partial charge is 0.0580 e. The van der Waals surface area contributed by atoms with Crippen LogP contribution < -0.4 is 0 Å². The lowest BCUT2D eigenvalue weighted by Gasteiger charge is -2.41. The molecule has 11 rings (SSSR count). The highest BCUT2D eigenvalue weighted by atomic mass is 32.2. The number of allylic oxidation sites excluding steroid dienone is 15. The van der Waals surface area contributed by atoms with E-state index in [4.69, 9.17) is 0 Å². The van der Waals surface area contributed by atoms with Gasteiger partial charge in [0, 0.05) is 46.6 Å². The summed E-state index contributed by atoms with van der Waals surface area (Å²) in [5.74, 6) is 2.56. The summed E-state index contributed by atoms with van der Waals surface area (Å²) < 4.78 is 0. The van der Waals surface area contributed by atoms with Crippen LogP contribution in [0.3, 0.4) is 0 Å². The first kappa shape index (κ1) is 31.5. The molecule has 0 bridgehead atoms. The van der Waals surface area contributed by atoms with Gasteiger partial charge in [-0.3, -0.25) is 0 Å². The van der Waals surface area contributed by atoms with Gasteiger partial charge in [-0.2, -0.15) is 0 Å². The summed E-state index contributed by atoms with van der Waals surface area (Å²) in [5.41, 5.74) is 15.5. The van der Waals surface area contributed by atoms with E-state index in [1.54, 1.807) is 32.9 Å². The molecule has 0 saturated carbocycles. The molecule has 0 amide bonds. The van der Waals surface area contributed by atoms with Crippen LogP contribution in [0.4, 0.5) is 0 Å². The van der Waals surface area contributed by atoms with Gasteiger partial charge < -0.3 is 4.90 Å². The lowest BCUT2D eigenvalue weighted by atomic mass is 9.70. The number of rotatable bonds is 4. The van der Waals surface area contributed by atoms with Crippen molar-refractivity contribution in [3.05, 3.63) is 183 Å². The second-order valence-electron chi connectivity index (χ2n) is 16.6. The number of hydrogen-bond acceptors (Lipinski definition) is 2. The van der Waals surface area contributed by atoms with E-state index in [1.807, 2.05) is 0 Å². The predicted octanol–water partition coefficient (Wildman–Crippen LogP) is 12.4. The zero-order valence-corrected chi connectivity index (χ0v) is 31.0. The van der Waals surface area contributed by atoms with E-state index < -0.39 is 0 Å². The van der Waals surface area contributed by atoms with Gasteiger partial charge in [0.25, 0.3) is 0 Å². The molecule has 0 spiro atoms. The van der Waals surface area contributed by atoms with Crippen LogP contribution in [0.15, 0.2) is 160 Å². The van der Waals surface area contributed by atoms with Crippen LogP contribution in [0.2, 0.25) is 0 Å². The van der Waals surface area contributed by atoms with Crippen LogP contribution in [0, 0.1) is 17.8 Å². The number of benzene rings is 2. The molecule has 260 valence electrons. The summed E-state index contributed by atoms with van der Waals surface area (Å²) in [6.45, 7) is 0. The van der Waals surface area contributed by atoms with E-state index in [2.05, 4.69) is 144 Å². The van der Waals surface area contributed by atoms with Crippen LogP contribution in [-0.2, 0) is 0 Å². The number of hydrogen-bond donors (Lipinski definition) is 0. The lowest BCUT2D eigenvalue weighted by molar-refractivity contribution is 0.215. The van der Waals surface area contributed by atoms with Crippen LogP contribution in [0.5, 0.6) is 0 Å². The third-order valence-corrected chi connectivity index (χ3v) is 15.4. The van der Waals surface area contributed by atoms with E-state index in [-0.39, 0.29) is 0 Å². The van der Waals surface area contributed by atoms with E-state index in [0.717, 1.165) is 19.3 Å². The molecular weight excluding hydrogens is 647 g/mol. The first-order chi connectivity index (χ1) is 25.8. The Kier molecular flexibility index (Phi) is 7.78. The molecular formula is C50H49NS. The molecule has 0 aromatic heterocycles. The first-order valence-electron chi connectivity index (χ1n) is 20.4. The van der Waals surface area contributed by atoms with Crippen LogP contribution >= 0.6 is 11.8 Å². The Labute approximate surface area is 314 Å². The van der Waals surface area contributed by atoms with Crippen molar-refractivity contribution in [3.8, 4) is 0 Å². The van der Waals surface area contributed by atoms with Crippen molar-refractivity contribution in [2.75, 3.05) is 0 Å². The van der Waals surface area contributed by atoms with Gasteiger partial charge >= 0.3 is 0 Å². The Hall–Kier alpha value is -4.01. The molecule has 1 nitrogen and oxygen atoms in total. The average Bonchev–Trinajstić information content (AvgIpc) is 3.76. The molecule has 8 unspecified atom stereocenters. The van der Waals surface area contributed by atoms with Crippen LogP contribution in [0.1, 0.15) is 98.3 Å². The zero-order chi connectivity index (χ0) is 34.2. The highest BCUT2D eigenvalue weighted by Crippen LogP contribution is 2.54. The fourth-order valence-electron chi connectivity index (χ4n) is 11.4. The van der Waals surface area contributed by atoms with Gasteiger partial charge in [0.05, 0.1) is 6.04 Å². The minimum absolute atomic E-state index is 0.409. The van der Waals surface area contributed by atoms with Gasteiger partial charge in [0.15, 0.2) is 0 Å². The molecule has 7 aliphatic carbocycles. The highest BCUT2D eigenvalue weighted by Gasteiger charge is 2.46. The summed E-state index contributed by atoms with van der Waals surface area (Å²) in [5, 5.41) is 0.649. The Balaban J connectivity index is 0.868. The number of thioether (sulfide) groups is 1. The molecule has 9 aliphatic rings. The number of nitrogens with zero attached hydrogens (tertiary/aromatic N) is 1. The molecule has 0 radical (unpaired) electrons. The maximum atomic E-state index is 2.91. The van der Waals surface area contributed by atoms with Crippen LogP contribution in [-0.4, -0.2) is 22.2 Å². The molecule has 0 N–H and O–H groups in total. The van der Waals surface area contributed by atoms with E-state index >= 15 is 0 Å². The van der Waals surface area contributed by atoms with Gasteiger partial charge in [-0.25, -0.2) is 0 Å². The normalized spacial score (nSPS) is 33.8. The minimum atomic E-state index is 0.409. The first-order valence-corrected chi connectivity index (χ1v) is 21.2. The van der Waals surface area contributed by atoms with E-state index in [1.165, 1.54) is 72.8 Å². The molecule has 0 saturated heterocycles. The average molecular weight is 696 g/mol. The Morgan fingerprint density at radius 3 is 2.58 bits per heavy atom. The van der Waals surface area contributed by atoms with Crippen molar-refractivity contribution in [2.45, 2.75) is 93.4 Å². The summed E-state index contributed by atoms with van der Waals surface area (Å²) in [4.78, 5) is 4.59. The summed E-state index contributed by atoms with van der Waals surface area (Å²) in [6.07, 6.45) is 44.5. The second-order valence-corrected chi connectivity index (χ2v) is 17.9. The summed E-state index contributed by atoms with van der Waals surface area (Å²) >= 11 is 2.17. The van der Waals surface area contributed by atoms with Gasteiger partial charge in [-0.15, -0.1) is 11.8 Å². The van der Waals surface area contributed by atoms with Gasteiger partial charge in [-0.05, 0) is 119 Å². The Morgan fingerprint density at radius 1 is 0.750 bits per heavy atom. The number of fused-ring (bicyclic) bond motifs is 7.